The van der Waals surface area contributed by atoms with Gasteiger partial charge in [-0.2, -0.15) is 5.10 Å². The van der Waals surface area contributed by atoms with Crippen LogP contribution in [0.4, 0.5) is 0 Å². The summed E-state index contributed by atoms with van der Waals surface area (Å²) < 4.78 is 1.75. The molecule has 4 rings (SSSR count). The van der Waals surface area contributed by atoms with Crippen LogP contribution < -0.4 is 0 Å². The molecule has 0 bridgehead atoms. The number of benzene rings is 2. The van der Waals surface area contributed by atoms with E-state index >= 15 is 0 Å². The van der Waals surface area contributed by atoms with Crippen molar-refractivity contribution < 1.29 is 4.79 Å². The first-order valence-electron chi connectivity index (χ1n) is 7.78. The number of carbonyl (C=O) groups excluding carboxylic acids is 1. The smallest absolute Gasteiger partial charge is 0.153 e. The lowest BCUT2D eigenvalue weighted by Crippen LogP contribution is -2.00. The van der Waals surface area contributed by atoms with E-state index in [1.165, 1.54) is 0 Å². The standard InChI is InChI=1S/C21H15N2O/c24-15-17-14-23(18-10-2-1-3-11-18)22-21(17)20-13-7-6-12-19(20)16-8-4-5-9-16/h1-15H. The lowest BCUT2D eigenvalue weighted by atomic mass is 9.91. The van der Waals surface area contributed by atoms with Crippen LogP contribution >= 0.6 is 0 Å². The summed E-state index contributed by atoms with van der Waals surface area (Å²) >= 11 is 0. The monoisotopic (exact) mass is 311 g/mol. The van der Waals surface area contributed by atoms with Gasteiger partial charge in [-0.15, -0.1) is 0 Å². The van der Waals surface area contributed by atoms with Crippen LogP contribution in [-0.4, -0.2) is 16.1 Å². The Labute approximate surface area is 141 Å². The average Bonchev–Trinajstić information content (AvgIpc) is 3.32. The number of hydrogen-bond donors (Lipinski definition) is 0. The highest BCUT2D eigenvalue weighted by atomic mass is 16.1. The topological polar surface area (TPSA) is 34.9 Å². The maximum atomic E-state index is 11.6. The van der Waals surface area contributed by atoms with Crippen LogP contribution in [-0.2, 0) is 0 Å². The van der Waals surface area contributed by atoms with Crippen molar-refractivity contribution in [1.29, 1.82) is 0 Å². The van der Waals surface area contributed by atoms with E-state index in [0.717, 1.165) is 29.0 Å². The van der Waals surface area contributed by atoms with Crippen molar-refractivity contribution in [3.05, 3.63) is 104 Å². The Kier molecular flexibility index (Phi) is 3.99. The summed E-state index contributed by atoms with van der Waals surface area (Å²) in [5.74, 6) is 1.12. The summed E-state index contributed by atoms with van der Waals surface area (Å²) in [5.41, 5.74) is 4.24. The van der Waals surface area contributed by atoms with E-state index in [9.17, 15) is 4.79 Å². The third kappa shape index (κ3) is 2.67. The Morgan fingerprint density at radius 1 is 0.833 bits per heavy atom. The molecular weight excluding hydrogens is 296 g/mol. The van der Waals surface area contributed by atoms with Crippen LogP contribution in [0.2, 0.25) is 0 Å². The third-order valence-corrected chi connectivity index (χ3v) is 4.05. The van der Waals surface area contributed by atoms with Crippen LogP contribution in [0.3, 0.4) is 0 Å². The minimum Gasteiger partial charge on any atom is -0.298 e. The molecule has 0 aliphatic heterocycles. The number of aldehydes is 1. The molecule has 1 heterocycles. The Morgan fingerprint density at radius 2 is 1.50 bits per heavy atom. The van der Waals surface area contributed by atoms with Crippen molar-refractivity contribution in [1.82, 2.24) is 9.78 Å². The van der Waals surface area contributed by atoms with Gasteiger partial charge >= 0.3 is 0 Å². The van der Waals surface area contributed by atoms with E-state index in [1.807, 2.05) is 61.4 Å². The van der Waals surface area contributed by atoms with Gasteiger partial charge in [0.25, 0.3) is 0 Å². The summed E-state index contributed by atoms with van der Waals surface area (Å²) in [5, 5.41) is 4.68. The fraction of sp³-hybridized carbons (Fsp3) is 0. The Bertz CT molecular complexity index is 845. The van der Waals surface area contributed by atoms with Gasteiger partial charge in [0.15, 0.2) is 6.29 Å². The lowest BCUT2D eigenvalue weighted by molar-refractivity contribution is 0.112. The van der Waals surface area contributed by atoms with Crippen LogP contribution in [0, 0.1) is 31.6 Å². The molecule has 3 heteroatoms. The fourth-order valence-corrected chi connectivity index (χ4v) is 2.89. The fourth-order valence-electron chi connectivity index (χ4n) is 2.89. The number of para-hydroxylation sites is 1. The van der Waals surface area contributed by atoms with Crippen molar-refractivity contribution in [2.45, 2.75) is 0 Å². The highest BCUT2D eigenvalue weighted by molar-refractivity contribution is 5.87. The zero-order valence-corrected chi connectivity index (χ0v) is 13.0. The maximum Gasteiger partial charge on any atom is 0.153 e. The van der Waals surface area contributed by atoms with Crippen LogP contribution in [0.1, 0.15) is 15.9 Å². The largest absolute Gasteiger partial charge is 0.298 e. The van der Waals surface area contributed by atoms with Gasteiger partial charge in [-0.1, -0.05) is 42.5 Å². The second kappa shape index (κ2) is 6.44. The molecule has 0 spiro atoms. The van der Waals surface area contributed by atoms with Gasteiger partial charge in [0.05, 0.1) is 11.3 Å². The first kappa shape index (κ1) is 14.9. The van der Waals surface area contributed by atoms with Crippen molar-refractivity contribution in [3.8, 4) is 16.9 Å². The molecule has 0 unspecified atom stereocenters. The van der Waals surface area contributed by atoms with E-state index in [1.54, 1.807) is 10.9 Å². The highest BCUT2D eigenvalue weighted by Gasteiger charge is 2.24. The lowest BCUT2D eigenvalue weighted by Gasteiger charge is -2.13. The molecule has 1 fully saturated rings. The summed E-state index contributed by atoms with van der Waals surface area (Å²) in [6.07, 6.45) is 10.8. The van der Waals surface area contributed by atoms with E-state index in [-0.39, 0.29) is 0 Å². The van der Waals surface area contributed by atoms with Crippen molar-refractivity contribution in [3.63, 3.8) is 0 Å². The van der Waals surface area contributed by atoms with Gasteiger partial charge in [-0.25, -0.2) is 4.68 Å². The Morgan fingerprint density at radius 3 is 2.21 bits per heavy atom. The Hall–Kier alpha value is -2.68. The van der Waals surface area contributed by atoms with Crippen LogP contribution in [0.5, 0.6) is 0 Å². The van der Waals surface area contributed by atoms with Crippen molar-refractivity contribution >= 4 is 6.29 Å². The molecule has 1 aliphatic rings. The second-order valence-electron chi connectivity index (χ2n) is 5.55. The number of hydrogen-bond acceptors (Lipinski definition) is 2. The minimum atomic E-state index is 0.581. The molecule has 24 heavy (non-hydrogen) atoms. The number of rotatable bonds is 4. The predicted molar refractivity (Wildman–Crippen MR) is 93.9 cm³/mol. The summed E-state index contributed by atoms with van der Waals surface area (Å²) in [7, 11) is 0. The zero-order chi connectivity index (χ0) is 16.4. The summed E-state index contributed by atoms with van der Waals surface area (Å²) in [6.45, 7) is 0. The first-order valence-corrected chi connectivity index (χ1v) is 7.78. The molecule has 5 radical (unpaired) electrons. The third-order valence-electron chi connectivity index (χ3n) is 4.05. The van der Waals surface area contributed by atoms with Crippen molar-refractivity contribution in [2.75, 3.05) is 0 Å². The van der Waals surface area contributed by atoms with Crippen LogP contribution in [0.25, 0.3) is 16.9 Å². The van der Waals surface area contributed by atoms with E-state index in [2.05, 4.69) is 24.0 Å². The molecule has 0 N–H and O–H groups in total. The number of carbonyl (C=O) groups is 1. The molecule has 115 valence electrons. The predicted octanol–water partition coefficient (Wildman–Crippen LogP) is 4.11. The highest BCUT2D eigenvalue weighted by Crippen LogP contribution is 2.36. The normalized spacial score (nSPS) is 14.8. The molecule has 3 aromatic rings. The van der Waals surface area contributed by atoms with Gasteiger partial charge in [0.2, 0.25) is 0 Å². The number of nitrogens with zero attached hydrogens (tertiary/aromatic N) is 2. The molecule has 3 nitrogen and oxygen atoms in total. The molecule has 2 aromatic carbocycles. The molecule has 1 aromatic heterocycles. The van der Waals surface area contributed by atoms with Gasteiger partial charge in [0.1, 0.15) is 5.69 Å². The van der Waals surface area contributed by atoms with Crippen LogP contribution in [0.15, 0.2) is 60.8 Å². The van der Waals surface area contributed by atoms with Gasteiger partial charge in [0, 0.05) is 17.7 Å². The van der Waals surface area contributed by atoms with E-state index in [4.69, 9.17) is 0 Å². The maximum absolute atomic E-state index is 11.6. The number of aromatic nitrogens is 2. The van der Waals surface area contributed by atoms with E-state index in [0.29, 0.717) is 11.3 Å². The zero-order valence-electron chi connectivity index (χ0n) is 13.0. The molecule has 0 atom stereocenters. The molecule has 1 saturated carbocycles. The molecular formula is C21H15N2O. The Balaban J connectivity index is 1.82. The quantitative estimate of drug-likeness (QED) is 0.680. The minimum absolute atomic E-state index is 0.581. The molecule has 1 aliphatic carbocycles. The van der Waals surface area contributed by atoms with Crippen molar-refractivity contribution in [2.24, 2.45) is 0 Å². The SMILES string of the molecule is O=Cc1cn(-c2ccccc2)nc1-c1ccccc1[C]1[CH][CH][CH][CH]1. The summed E-state index contributed by atoms with van der Waals surface area (Å²) in [6, 6.07) is 17.8. The average molecular weight is 311 g/mol. The van der Waals surface area contributed by atoms with Gasteiger partial charge in [-0.05, 0) is 43.4 Å². The summed E-state index contributed by atoms with van der Waals surface area (Å²) in [4.78, 5) is 11.6. The second-order valence-corrected chi connectivity index (χ2v) is 5.55. The molecule has 0 amide bonds. The first-order chi connectivity index (χ1) is 11.9. The van der Waals surface area contributed by atoms with E-state index < -0.39 is 0 Å². The van der Waals surface area contributed by atoms with Gasteiger partial charge < -0.3 is 0 Å². The molecule has 0 saturated heterocycles. The van der Waals surface area contributed by atoms with Gasteiger partial charge in [-0.3, -0.25) is 4.79 Å².